The van der Waals surface area contributed by atoms with Gasteiger partial charge in [-0.3, -0.25) is 0 Å². The molecule has 0 amide bonds. The summed E-state index contributed by atoms with van der Waals surface area (Å²) >= 11 is 3.28. The van der Waals surface area contributed by atoms with Gasteiger partial charge in [-0.05, 0) is 0 Å². The molecule has 0 bridgehead atoms. The van der Waals surface area contributed by atoms with Crippen LogP contribution in [0.15, 0.2) is 0 Å². The van der Waals surface area contributed by atoms with E-state index in [0.717, 1.165) is 5.33 Å². The van der Waals surface area contributed by atoms with E-state index in [0.29, 0.717) is 79.3 Å². The molecule has 10 heteroatoms. The quantitative estimate of drug-likeness (QED) is 0.189. The first-order valence-electron chi connectivity index (χ1n) is 8.59. The number of hydrogen-bond acceptors (Lipinski definition) is 8. The predicted octanol–water partition coefficient (Wildman–Crippen LogP) is 0.582. The molecule has 0 heterocycles. The molecule has 0 aromatic heterocycles. The maximum atomic E-state index is 10.2. The standard InChI is InChI=1S/C16H31BrO9/c17-1-2-20-3-4-21-5-6-22-7-8-23-9-10-24-11-12-25-13-14-26-15-16(18)19/h1-15H2,(H,18,19). The molecule has 0 aliphatic rings. The number of carboxylic acids is 1. The van der Waals surface area contributed by atoms with E-state index in [-0.39, 0.29) is 13.2 Å². The Labute approximate surface area is 163 Å². The highest BCUT2D eigenvalue weighted by Gasteiger charge is 1.96. The van der Waals surface area contributed by atoms with E-state index in [2.05, 4.69) is 15.9 Å². The van der Waals surface area contributed by atoms with Crippen molar-refractivity contribution < 1.29 is 43.1 Å². The summed E-state index contributed by atoms with van der Waals surface area (Å²) in [5.41, 5.74) is 0. The normalized spacial score (nSPS) is 11.1. The molecule has 1 N–H and O–H groups in total. The fourth-order valence-corrected chi connectivity index (χ4v) is 1.76. The summed E-state index contributed by atoms with van der Waals surface area (Å²) < 4.78 is 36.6. The molecular formula is C16H31BrO9. The Morgan fingerprint density at radius 3 is 1.08 bits per heavy atom. The molecule has 0 aliphatic carbocycles. The fraction of sp³-hybridized carbons (Fsp3) is 0.938. The van der Waals surface area contributed by atoms with Gasteiger partial charge in [-0.25, -0.2) is 4.79 Å². The van der Waals surface area contributed by atoms with Gasteiger partial charge in [0.15, 0.2) is 0 Å². The fourth-order valence-electron chi connectivity index (χ4n) is 1.53. The highest BCUT2D eigenvalue weighted by atomic mass is 79.9. The van der Waals surface area contributed by atoms with Crippen LogP contribution in [0.3, 0.4) is 0 Å². The van der Waals surface area contributed by atoms with Gasteiger partial charge in [-0.2, -0.15) is 0 Å². The third-order valence-electron chi connectivity index (χ3n) is 2.68. The molecule has 0 atom stereocenters. The van der Waals surface area contributed by atoms with Crippen molar-refractivity contribution in [3.05, 3.63) is 0 Å². The van der Waals surface area contributed by atoms with E-state index < -0.39 is 5.97 Å². The first-order chi connectivity index (χ1) is 12.8. The SMILES string of the molecule is O=C(O)COCCOCCOCCOCCOCCOCCOCCBr. The molecule has 0 spiro atoms. The molecule has 0 aliphatic heterocycles. The molecule has 0 unspecified atom stereocenters. The zero-order valence-electron chi connectivity index (χ0n) is 15.2. The van der Waals surface area contributed by atoms with Gasteiger partial charge in [0.2, 0.25) is 0 Å². The van der Waals surface area contributed by atoms with Gasteiger partial charge >= 0.3 is 5.97 Å². The Balaban J connectivity index is 2.98. The molecule has 0 aromatic carbocycles. The smallest absolute Gasteiger partial charge is 0.329 e. The lowest BCUT2D eigenvalue weighted by molar-refractivity contribution is -0.142. The van der Waals surface area contributed by atoms with Gasteiger partial charge in [-0.1, -0.05) is 15.9 Å². The molecule has 9 nitrogen and oxygen atoms in total. The summed E-state index contributed by atoms with van der Waals surface area (Å²) in [5.74, 6) is -0.987. The largest absolute Gasteiger partial charge is 0.480 e. The molecule has 0 radical (unpaired) electrons. The molecule has 0 saturated carbocycles. The van der Waals surface area contributed by atoms with Crippen molar-refractivity contribution in [1.29, 1.82) is 0 Å². The summed E-state index contributed by atoms with van der Waals surface area (Å²) in [6, 6.07) is 0. The number of carbonyl (C=O) groups is 1. The second-order valence-electron chi connectivity index (χ2n) is 4.81. The molecule has 26 heavy (non-hydrogen) atoms. The van der Waals surface area contributed by atoms with Gasteiger partial charge < -0.3 is 38.3 Å². The third-order valence-corrected chi connectivity index (χ3v) is 3.00. The van der Waals surface area contributed by atoms with Crippen molar-refractivity contribution in [2.24, 2.45) is 0 Å². The van der Waals surface area contributed by atoms with Crippen molar-refractivity contribution in [2.45, 2.75) is 0 Å². The lowest BCUT2D eigenvalue weighted by Gasteiger charge is -2.08. The number of alkyl halides is 1. The van der Waals surface area contributed by atoms with Crippen LogP contribution in [0.4, 0.5) is 0 Å². The Morgan fingerprint density at radius 2 is 0.808 bits per heavy atom. The average molecular weight is 447 g/mol. The molecule has 0 rings (SSSR count). The van der Waals surface area contributed by atoms with Crippen molar-refractivity contribution in [3.8, 4) is 0 Å². The van der Waals surface area contributed by atoms with Crippen LogP contribution < -0.4 is 0 Å². The van der Waals surface area contributed by atoms with Crippen LogP contribution in [-0.4, -0.2) is 109 Å². The molecule has 0 fully saturated rings. The van der Waals surface area contributed by atoms with Crippen LogP contribution in [-0.2, 0) is 38.0 Å². The Hall–Kier alpha value is -0.330. The topological polar surface area (TPSA) is 102 Å². The van der Waals surface area contributed by atoms with Crippen molar-refractivity contribution in [1.82, 2.24) is 0 Å². The Bertz CT molecular complexity index is 295. The Morgan fingerprint density at radius 1 is 0.538 bits per heavy atom. The predicted molar refractivity (Wildman–Crippen MR) is 97.2 cm³/mol. The maximum Gasteiger partial charge on any atom is 0.329 e. The number of hydrogen-bond donors (Lipinski definition) is 1. The van der Waals surface area contributed by atoms with E-state index in [1.165, 1.54) is 0 Å². The van der Waals surface area contributed by atoms with E-state index in [1.54, 1.807) is 0 Å². The number of carboxylic acid groups (broad SMARTS) is 1. The summed E-state index contributed by atoms with van der Waals surface area (Å²) in [4.78, 5) is 10.2. The number of aliphatic carboxylic acids is 1. The maximum absolute atomic E-state index is 10.2. The number of ether oxygens (including phenoxy) is 7. The minimum atomic E-state index is -0.987. The van der Waals surface area contributed by atoms with E-state index >= 15 is 0 Å². The first-order valence-corrected chi connectivity index (χ1v) is 9.71. The zero-order chi connectivity index (χ0) is 19.1. The number of rotatable bonds is 22. The van der Waals surface area contributed by atoms with Crippen LogP contribution in [0.25, 0.3) is 0 Å². The van der Waals surface area contributed by atoms with E-state index in [4.69, 9.17) is 38.3 Å². The van der Waals surface area contributed by atoms with Gasteiger partial charge in [0.1, 0.15) is 6.61 Å². The van der Waals surface area contributed by atoms with Crippen molar-refractivity contribution in [3.63, 3.8) is 0 Å². The summed E-state index contributed by atoms with van der Waals surface area (Å²) in [7, 11) is 0. The van der Waals surface area contributed by atoms with Crippen LogP contribution in [0, 0.1) is 0 Å². The lowest BCUT2D eigenvalue weighted by Crippen LogP contribution is -2.15. The van der Waals surface area contributed by atoms with Gasteiger partial charge in [-0.15, -0.1) is 0 Å². The Kier molecular flexibility index (Phi) is 22.4. The highest BCUT2D eigenvalue weighted by molar-refractivity contribution is 9.09. The first kappa shape index (κ1) is 25.7. The molecule has 0 saturated heterocycles. The second-order valence-corrected chi connectivity index (χ2v) is 5.60. The van der Waals surface area contributed by atoms with E-state index in [1.807, 2.05) is 0 Å². The van der Waals surface area contributed by atoms with Gasteiger partial charge in [0, 0.05) is 5.33 Å². The summed E-state index contributed by atoms with van der Waals surface area (Å²) in [5, 5.41) is 9.19. The van der Waals surface area contributed by atoms with Gasteiger partial charge in [0.25, 0.3) is 0 Å². The van der Waals surface area contributed by atoms with Crippen LogP contribution >= 0.6 is 15.9 Å². The second kappa shape index (κ2) is 22.7. The van der Waals surface area contributed by atoms with Crippen molar-refractivity contribution >= 4 is 21.9 Å². The third kappa shape index (κ3) is 23.7. The summed E-state index contributed by atoms with van der Waals surface area (Å²) in [6.45, 7) is 6.12. The minimum absolute atomic E-state index is 0.255. The summed E-state index contributed by atoms with van der Waals surface area (Å²) in [6.07, 6.45) is 0. The zero-order valence-corrected chi connectivity index (χ0v) is 16.8. The monoisotopic (exact) mass is 446 g/mol. The molecule has 156 valence electrons. The van der Waals surface area contributed by atoms with E-state index in [9.17, 15) is 4.79 Å². The minimum Gasteiger partial charge on any atom is -0.480 e. The van der Waals surface area contributed by atoms with Crippen LogP contribution in [0.2, 0.25) is 0 Å². The average Bonchev–Trinajstić information content (AvgIpc) is 2.62. The highest BCUT2D eigenvalue weighted by Crippen LogP contribution is 1.86. The number of halogens is 1. The van der Waals surface area contributed by atoms with Crippen LogP contribution in [0.1, 0.15) is 0 Å². The van der Waals surface area contributed by atoms with Crippen LogP contribution in [0.5, 0.6) is 0 Å². The molecule has 0 aromatic rings. The van der Waals surface area contributed by atoms with Gasteiger partial charge in [0.05, 0.1) is 85.9 Å². The van der Waals surface area contributed by atoms with Crippen molar-refractivity contribution in [2.75, 3.05) is 97.8 Å². The molecular weight excluding hydrogens is 416 g/mol. The lowest BCUT2D eigenvalue weighted by atomic mass is 10.6.